The minimum absolute atomic E-state index is 0.0314. The van der Waals surface area contributed by atoms with E-state index < -0.39 is 10.0 Å². The van der Waals surface area contributed by atoms with E-state index in [1.165, 1.54) is 10.4 Å². The molecule has 0 saturated carbocycles. The smallest absolute Gasteiger partial charge is 0.247 e. The summed E-state index contributed by atoms with van der Waals surface area (Å²) in [4.78, 5) is 0.0314. The molecular weight excluding hydrogens is 454 g/mol. The molecule has 6 nitrogen and oxygen atoms in total. The quantitative estimate of drug-likeness (QED) is 0.519. The van der Waals surface area contributed by atoms with Crippen LogP contribution in [0.5, 0.6) is 0 Å². The number of rotatable bonds is 6. The van der Waals surface area contributed by atoms with Crippen LogP contribution in [-0.2, 0) is 16.6 Å². The van der Waals surface area contributed by atoms with Crippen LogP contribution < -0.4 is 0 Å². The number of halogens is 2. The van der Waals surface area contributed by atoms with E-state index in [1.807, 2.05) is 30.3 Å². The second-order valence-electron chi connectivity index (χ2n) is 6.09. The Morgan fingerprint density at radius 2 is 1.85 bits per heavy atom. The van der Waals surface area contributed by atoms with Crippen molar-refractivity contribution < 1.29 is 12.8 Å². The van der Waals surface area contributed by atoms with Crippen LogP contribution in [0.15, 0.2) is 62.3 Å². The molecule has 9 heteroatoms. The van der Waals surface area contributed by atoms with Crippen molar-refractivity contribution in [3.8, 4) is 11.5 Å². The molecule has 1 aromatic heterocycles. The average molecular weight is 471 g/mol. The summed E-state index contributed by atoms with van der Waals surface area (Å²) in [5, 5.41) is 8.15. The van der Waals surface area contributed by atoms with E-state index in [9.17, 15) is 8.42 Å². The van der Waals surface area contributed by atoms with Gasteiger partial charge < -0.3 is 4.42 Å². The third-order valence-electron chi connectivity index (χ3n) is 3.84. The first-order chi connectivity index (χ1) is 12.8. The van der Waals surface area contributed by atoms with Crippen LogP contribution in [0.1, 0.15) is 19.7 Å². The summed E-state index contributed by atoms with van der Waals surface area (Å²) in [6, 6.07) is 13.6. The van der Waals surface area contributed by atoms with E-state index in [2.05, 4.69) is 26.1 Å². The Morgan fingerprint density at radius 1 is 1.15 bits per heavy atom. The molecule has 27 heavy (non-hydrogen) atoms. The summed E-state index contributed by atoms with van der Waals surface area (Å²) < 4.78 is 33.9. The SMILES string of the molecule is CC(C)N(Cc1nnc(-c2ccccc2)o1)S(=O)(=O)c1ccc(Br)cc1Cl. The minimum atomic E-state index is -3.85. The van der Waals surface area contributed by atoms with Crippen molar-refractivity contribution in [1.29, 1.82) is 0 Å². The first-order valence-electron chi connectivity index (χ1n) is 8.13. The highest BCUT2D eigenvalue weighted by Gasteiger charge is 2.30. The lowest BCUT2D eigenvalue weighted by molar-refractivity contribution is 0.313. The fourth-order valence-electron chi connectivity index (χ4n) is 2.50. The number of benzene rings is 2. The zero-order valence-electron chi connectivity index (χ0n) is 14.6. The van der Waals surface area contributed by atoms with Crippen molar-refractivity contribution in [3.05, 3.63) is 63.9 Å². The van der Waals surface area contributed by atoms with Gasteiger partial charge in [-0.3, -0.25) is 0 Å². The Bertz CT molecular complexity index is 1040. The van der Waals surface area contributed by atoms with E-state index in [1.54, 1.807) is 26.0 Å². The van der Waals surface area contributed by atoms with Gasteiger partial charge in [-0.05, 0) is 44.2 Å². The van der Waals surface area contributed by atoms with Gasteiger partial charge in [0, 0.05) is 16.1 Å². The second-order valence-corrected chi connectivity index (χ2v) is 9.27. The molecule has 1 heterocycles. The fraction of sp³-hybridized carbons (Fsp3) is 0.222. The van der Waals surface area contributed by atoms with Gasteiger partial charge in [0.2, 0.25) is 21.8 Å². The standard InChI is InChI=1S/C18H17BrClN3O3S/c1-12(2)23(27(24,25)16-9-8-14(19)10-15(16)20)11-17-21-22-18(26-17)13-6-4-3-5-7-13/h3-10,12H,11H2,1-2H3. The van der Waals surface area contributed by atoms with Crippen molar-refractivity contribution in [2.45, 2.75) is 31.3 Å². The van der Waals surface area contributed by atoms with Crippen LogP contribution in [-0.4, -0.2) is 29.0 Å². The summed E-state index contributed by atoms with van der Waals surface area (Å²) in [5.41, 5.74) is 0.770. The molecule has 0 spiro atoms. The summed E-state index contributed by atoms with van der Waals surface area (Å²) in [6.07, 6.45) is 0. The van der Waals surface area contributed by atoms with Crippen molar-refractivity contribution in [3.63, 3.8) is 0 Å². The third kappa shape index (κ3) is 4.40. The molecule has 142 valence electrons. The number of aromatic nitrogens is 2. The van der Waals surface area contributed by atoms with Gasteiger partial charge in [0.1, 0.15) is 4.90 Å². The van der Waals surface area contributed by atoms with E-state index >= 15 is 0 Å². The molecule has 0 N–H and O–H groups in total. The van der Waals surface area contributed by atoms with Gasteiger partial charge in [0.15, 0.2) is 0 Å². The van der Waals surface area contributed by atoms with E-state index in [-0.39, 0.29) is 28.4 Å². The molecule has 0 aliphatic carbocycles. The molecule has 0 radical (unpaired) electrons. The molecule has 0 aliphatic heterocycles. The number of nitrogens with zero attached hydrogens (tertiary/aromatic N) is 3. The van der Waals surface area contributed by atoms with Crippen molar-refractivity contribution >= 4 is 37.6 Å². The number of hydrogen-bond acceptors (Lipinski definition) is 5. The minimum Gasteiger partial charge on any atom is -0.419 e. The van der Waals surface area contributed by atoms with Gasteiger partial charge in [-0.2, -0.15) is 4.31 Å². The van der Waals surface area contributed by atoms with Crippen LogP contribution in [0.4, 0.5) is 0 Å². The molecule has 0 atom stereocenters. The zero-order chi connectivity index (χ0) is 19.6. The monoisotopic (exact) mass is 469 g/mol. The lowest BCUT2D eigenvalue weighted by Gasteiger charge is -2.24. The normalized spacial score (nSPS) is 12.1. The fourth-order valence-corrected chi connectivity index (χ4v) is 5.10. The average Bonchev–Trinajstić information content (AvgIpc) is 3.08. The van der Waals surface area contributed by atoms with E-state index in [0.29, 0.717) is 10.4 Å². The molecule has 0 bridgehead atoms. The summed E-state index contributed by atoms with van der Waals surface area (Å²) in [5.74, 6) is 0.549. The lowest BCUT2D eigenvalue weighted by atomic mass is 10.2. The topological polar surface area (TPSA) is 76.3 Å². The summed E-state index contributed by atoms with van der Waals surface area (Å²) in [7, 11) is -3.85. The molecule has 3 aromatic rings. The largest absolute Gasteiger partial charge is 0.419 e. The Balaban J connectivity index is 1.91. The van der Waals surface area contributed by atoms with Crippen molar-refractivity contribution in [2.24, 2.45) is 0 Å². The summed E-state index contributed by atoms with van der Waals surface area (Å²) >= 11 is 9.44. The van der Waals surface area contributed by atoms with Crippen molar-refractivity contribution in [2.75, 3.05) is 0 Å². The van der Waals surface area contributed by atoms with Gasteiger partial charge in [-0.1, -0.05) is 45.7 Å². The number of hydrogen-bond donors (Lipinski definition) is 0. The van der Waals surface area contributed by atoms with E-state index in [0.717, 1.165) is 5.56 Å². The molecule has 0 unspecified atom stereocenters. The Labute approximate surface area is 171 Å². The van der Waals surface area contributed by atoms with Crippen LogP contribution in [0, 0.1) is 0 Å². The van der Waals surface area contributed by atoms with E-state index in [4.69, 9.17) is 16.0 Å². The maximum Gasteiger partial charge on any atom is 0.247 e. The second kappa shape index (κ2) is 8.10. The summed E-state index contributed by atoms with van der Waals surface area (Å²) in [6.45, 7) is 3.50. The molecule has 0 amide bonds. The highest BCUT2D eigenvalue weighted by Crippen LogP contribution is 2.30. The predicted octanol–water partition coefficient (Wildman–Crippen LogP) is 4.75. The molecule has 0 aliphatic rings. The van der Waals surface area contributed by atoms with Crippen molar-refractivity contribution in [1.82, 2.24) is 14.5 Å². The van der Waals surface area contributed by atoms with Gasteiger partial charge in [-0.15, -0.1) is 10.2 Å². The lowest BCUT2D eigenvalue weighted by Crippen LogP contribution is -2.36. The molecular formula is C18H17BrClN3O3S. The van der Waals surface area contributed by atoms with Crippen LogP contribution in [0.3, 0.4) is 0 Å². The van der Waals surface area contributed by atoms with Crippen LogP contribution >= 0.6 is 27.5 Å². The first kappa shape index (κ1) is 20.0. The highest BCUT2D eigenvalue weighted by atomic mass is 79.9. The first-order valence-corrected chi connectivity index (χ1v) is 10.7. The molecule has 2 aromatic carbocycles. The maximum atomic E-state index is 13.1. The van der Waals surface area contributed by atoms with Gasteiger partial charge in [0.25, 0.3) is 0 Å². The van der Waals surface area contributed by atoms with Crippen LogP contribution in [0.25, 0.3) is 11.5 Å². The Hall–Kier alpha value is -1.74. The third-order valence-corrected chi connectivity index (χ3v) is 6.83. The maximum absolute atomic E-state index is 13.1. The van der Waals surface area contributed by atoms with Gasteiger partial charge >= 0.3 is 0 Å². The highest BCUT2D eigenvalue weighted by molar-refractivity contribution is 9.10. The molecule has 0 fully saturated rings. The van der Waals surface area contributed by atoms with Gasteiger partial charge in [-0.25, -0.2) is 8.42 Å². The predicted molar refractivity (Wildman–Crippen MR) is 107 cm³/mol. The van der Waals surface area contributed by atoms with Gasteiger partial charge in [0.05, 0.1) is 11.6 Å². The molecule has 0 saturated heterocycles. The Kier molecular flexibility index (Phi) is 6.00. The Morgan fingerprint density at radius 3 is 2.48 bits per heavy atom. The van der Waals surface area contributed by atoms with Crippen LogP contribution in [0.2, 0.25) is 5.02 Å². The number of sulfonamides is 1. The zero-order valence-corrected chi connectivity index (χ0v) is 17.8. The molecule has 3 rings (SSSR count).